The Morgan fingerprint density at radius 2 is 2.00 bits per heavy atom. The van der Waals surface area contributed by atoms with Gasteiger partial charge in [-0.3, -0.25) is 9.36 Å². The molecular formula is C13H10N2OS2. The van der Waals surface area contributed by atoms with Crippen LogP contribution in [-0.2, 0) is 0 Å². The highest BCUT2D eigenvalue weighted by Gasteiger charge is 2.12. The molecule has 1 aromatic carbocycles. The Morgan fingerprint density at radius 3 is 2.72 bits per heavy atom. The van der Waals surface area contributed by atoms with Crippen LogP contribution in [0.5, 0.6) is 0 Å². The lowest BCUT2D eigenvalue weighted by Gasteiger charge is -2.09. The highest BCUT2D eigenvalue weighted by atomic mass is 32.2. The topological polar surface area (TPSA) is 34.9 Å². The first-order chi connectivity index (χ1) is 8.81. The first-order valence-electron chi connectivity index (χ1n) is 5.41. The number of rotatable bonds is 2. The molecule has 2 heterocycles. The molecule has 3 rings (SSSR count). The maximum Gasteiger partial charge on any atom is 0.276 e. The van der Waals surface area contributed by atoms with Crippen LogP contribution in [0.15, 0.2) is 51.7 Å². The van der Waals surface area contributed by atoms with Crippen LogP contribution in [0.1, 0.15) is 0 Å². The second kappa shape index (κ2) is 4.59. The molecule has 0 bridgehead atoms. The van der Waals surface area contributed by atoms with Crippen molar-refractivity contribution in [3.05, 3.63) is 52.1 Å². The van der Waals surface area contributed by atoms with Crippen LogP contribution in [0.3, 0.4) is 0 Å². The fourth-order valence-corrected chi connectivity index (χ4v) is 3.15. The van der Waals surface area contributed by atoms with Gasteiger partial charge in [0.25, 0.3) is 5.56 Å². The summed E-state index contributed by atoms with van der Waals surface area (Å²) in [5.74, 6) is 0. The molecule has 18 heavy (non-hydrogen) atoms. The van der Waals surface area contributed by atoms with E-state index in [1.54, 1.807) is 4.57 Å². The summed E-state index contributed by atoms with van der Waals surface area (Å²) in [7, 11) is 0. The molecule has 0 unspecified atom stereocenters. The first-order valence-corrected chi connectivity index (χ1v) is 7.51. The van der Waals surface area contributed by atoms with Gasteiger partial charge in [-0.1, -0.05) is 30.0 Å². The molecule has 2 aromatic heterocycles. The summed E-state index contributed by atoms with van der Waals surface area (Å²) in [6, 6.07) is 11.5. The molecule has 0 radical (unpaired) electrons. The number of aromatic nitrogens is 2. The monoisotopic (exact) mass is 274 g/mol. The van der Waals surface area contributed by atoms with Gasteiger partial charge in [-0.25, -0.2) is 4.98 Å². The van der Waals surface area contributed by atoms with Gasteiger partial charge >= 0.3 is 0 Å². The van der Waals surface area contributed by atoms with Gasteiger partial charge in [0.1, 0.15) is 4.70 Å². The zero-order valence-corrected chi connectivity index (χ0v) is 11.3. The van der Waals surface area contributed by atoms with Crippen molar-refractivity contribution in [1.29, 1.82) is 0 Å². The predicted octanol–water partition coefficient (Wildman–Crippen LogP) is 3.17. The molecule has 0 spiro atoms. The molecular weight excluding hydrogens is 264 g/mol. The SMILES string of the molecule is CSc1nc2ccsc2c(=O)n1-c1ccccc1. The number of nitrogens with zero attached hydrogens (tertiary/aromatic N) is 2. The summed E-state index contributed by atoms with van der Waals surface area (Å²) in [6.07, 6.45) is 1.93. The van der Waals surface area contributed by atoms with Gasteiger partial charge < -0.3 is 0 Å². The van der Waals surface area contributed by atoms with E-state index in [-0.39, 0.29) is 5.56 Å². The maximum atomic E-state index is 12.5. The van der Waals surface area contributed by atoms with Crippen molar-refractivity contribution in [2.75, 3.05) is 6.26 Å². The van der Waals surface area contributed by atoms with Crippen LogP contribution < -0.4 is 5.56 Å². The number of thiophene rings is 1. The van der Waals surface area contributed by atoms with Crippen molar-refractivity contribution in [1.82, 2.24) is 9.55 Å². The Balaban J connectivity index is 2.40. The van der Waals surface area contributed by atoms with Gasteiger partial charge in [-0.05, 0) is 29.8 Å². The van der Waals surface area contributed by atoms with E-state index < -0.39 is 0 Å². The predicted molar refractivity (Wildman–Crippen MR) is 77.0 cm³/mol. The third kappa shape index (κ3) is 1.76. The molecule has 0 amide bonds. The molecule has 0 atom stereocenters. The Morgan fingerprint density at radius 1 is 1.22 bits per heavy atom. The van der Waals surface area contributed by atoms with E-state index in [0.717, 1.165) is 16.4 Å². The number of benzene rings is 1. The molecule has 0 saturated heterocycles. The summed E-state index contributed by atoms with van der Waals surface area (Å²) < 4.78 is 2.38. The molecule has 0 N–H and O–H groups in total. The number of para-hydroxylation sites is 1. The van der Waals surface area contributed by atoms with Gasteiger partial charge in [0.05, 0.1) is 11.2 Å². The van der Waals surface area contributed by atoms with Crippen LogP contribution in [0.25, 0.3) is 15.9 Å². The molecule has 90 valence electrons. The highest BCUT2D eigenvalue weighted by Crippen LogP contribution is 2.21. The first kappa shape index (κ1) is 11.5. The fourth-order valence-electron chi connectivity index (χ4n) is 1.83. The molecule has 3 aromatic rings. The molecule has 5 heteroatoms. The lowest BCUT2D eigenvalue weighted by Crippen LogP contribution is -2.20. The average molecular weight is 274 g/mol. The van der Waals surface area contributed by atoms with E-state index in [1.165, 1.54) is 23.1 Å². The fraction of sp³-hybridized carbons (Fsp3) is 0.0769. The Kier molecular flexibility index (Phi) is 2.93. The standard InChI is InChI=1S/C13H10N2OS2/c1-17-13-14-10-7-8-18-11(10)12(16)15(13)9-5-3-2-4-6-9/h2-8H,1H3. The van der Waals surface area contributed by atoms with Gasteiger partial charge in [0.2, 0.25) is 0 Å². The minimum absolute atomic E-state index is 0.00514. The Hall–Kier alpha value is -1.59. The minimum Gasteiger partial charge on any atom is -0.267 e. The number of fused-ring (bicyclic) bond motifs is 1. The normalized spacial score (nSPS) is 10.9. The van der Waals surface area contributed by atoms with Crippen molar-refractivity contribution >= 4 is 33.3 Å². The van der Waals surface area contributed by atoms with E-state index in [1.807, 2.05) is 48.0 Å². The zero-order chi connectivity index (χ0) is 12.5. The van der Waals surface area contributed by atoms with Gasteiger partial charge in [-0.2, -0.15) is 0 Å². The second-order valence-corrected chi connectivity index (χ2v) is 5.40. The smallest absolute Gasteiger partial charge is 0.267 e. The number of hydrogen-bond acceptors (Lipinski definition) is 4. The van der Waals surface area contributed by atoms with E-state index in [0.29, 0.717) is 4.70 Å². The Bertz CT molecular complexity index is 747. The van der Waals surface area contributed by atoms with Crippen molar-refractivity contribution in [2.24, 2.45) is 0 Å². The van der Waals surface area contributed by atoms with Crippen LogP contribution in [0, 0.1) is 0 Å². The number of thioether (sulfide) groups is 1. The van der Waals surface area contributed by atoms with Crippen molar-refractivity contribution < 1.29 is 0 Å². The van der Waals surface area contributed by atoms with Gasteiger partial charge in [0.15, 0.2) is 5.16 Å². The largest absolute Gasteiger partial charge is 0.276 e. The summed E-state index contributed by atoms with van der Waals surface area (Å²) in [6.45, 7) is 0. The summed E-state index contributed by atoms with van der Waals surface area (Å²) in [4.78, 5) is 17.0. The highest BCUT2D eigenvalue weighted by molar-refractivity contribution is 7.98. The lowest BCUT2D eigenvalue weighted by atomic mass is 10.3. The third-order valence-corrected chi connectivity index (χ3v) is 4.18. The van der Waals surface area contributed by atoms with Gasteiger partial charge in [0, 0.05) is 0 Å². The summed E-state index contributed by atoms with van der Waals surface area (Å²) in [5.41, 5.74) is 1.64. The maximum absolute atomic E-state index is 12.5. The molecule has 3 nitrogen and oxygen atoms in total. The van der Waals surface area contributed by atoms with E-state index in [4.69, 9.17) is 0 Å². The molecule has 0 aliphatic rings. The van der Waals surface area contributed by atoms with Crippen LogP contribution in [0.4, 0.5) is 0 Å². The second-order valence-electron chi connectivity index (χ2n) is 3.71. The molecule has 0 fully saturated rings. The van der Waals surface area contributed by atoms with Crippen LogP contribution in [-0.4, -0.2) is 15.8 Å². The molecule has 0 aliphatic carbocycles. The van der Waals surface area contributed by atoms with Crippen LogP contribution >= 0.6 is 23.1 Å². The average Bonchev–Trinajstić information content (AvgIpc) is 2.88. The summed E-state index contributed by atoms with van der Waals surface area (Å²) >= 11 is 2.92. The van der Waals surface area contributed by atoms with Gasteiger partial charge in [-0.15, -0.1) is 11.3 Å². The number of hydrogen-bond donors (Lipinski definition) is 0. The minimum atomic E-state index is 0.00514. The molecule has 0 saturated carbocycles. The quantitative estimate of drug-likeness (QED) is 0.532. The van der Waals surface area contributed by atoms with Crippen LogP contribution in [0.2, 0.25) is 0 Å². The molecule has 0 aliphatic heterocycles. The van der Waals surface area contributed by atoms with Crippen molar-refractivity contribution in [3.8, 4) is 5.69 Å². The van der Waals surface area contributed by atoms with Crippen molar-refractivity contribution in [3.63, 3.8) is 0 Å². The van der Waals surface area contributed by atoms with Crippen molar-refractivity contribution in [2.45, 2.75) is 5.16 Å². The summed E-state index contributed by atoms with van der Waals surface area (Å²) in [5, 5.41) is 2.62. The van der Waals surface area contributed by atoms with E-state index >= 15 is 0 Å². The lowest BCUT2D eigenvalue weighted by molar-refractivity contribution is 0.824. The zero-order valence-electron chi connectivity index (χ0n) is 9.66. The van der Waals surface area contributed by atoms with E-state index in [9.17, 15) is 4.79 Å². The van der Waals surface area contributed by atoms with E-state index in [2.05, 4.69) is 4.98 Å². The third-order valence-electron chi connectivity index (χ3n) is 2.65. The Labute approximate surface area is 112 Å².